The van der Waals surface area contributed by atoms with Gasteiger partial charge in [-0.2, -0.15) is 0 Å². The number of anilines is 1. The number of fused-ring (bicyclic) bond motifs is 1. The van der Waals surface area contributed by atoms with Crippen LogP contribution in [-0.2, 0) is 19.5 Å². The van der Waals surface area contributed by atoms with Crippen LogP contribution in [0.3, 0.4) is 0 Å². The molecule has 1 aromatic heterocycles. The second-order valence-corrected chi connectivity index (χ2v) is 12.4. The lowest BCUT2D eigenvalue weighted by atomic mass is 9.82. The van der Waals surface area contributed by atoms with Crippen molar-refractivity contribution in [1.29, 1.82) is 0 Å². The quantitative estimate of drug-likeness (QED) is 0.354. The minimum absolute atomic E-state index is 0.210. The molecular formula is C34H43N5O. The number of likely N-dealkylation sites (N-methyl/N-ethyl adjacent to an activating group) is 1. The minimum atomic E-state index is 0.210. The number of rotatable bonds is 7. The van der Waals surface area contributed by atoms with Crippen LogP contribution in [0.4, 0.5) is 5.69 Å². The number of benzene rings is 2. The van der Waals surface area contributed by atoms with Gasteiger partial charge in [0.1, 0.15) is 6.33 Å². The topological polar surface area (TPSA) is 52.6 Å². The van der Waals surface area contributed by atoms with E-state index in [9.17, 15) is 4.79 Å². The Morgan fingerprint density at radius 1 is 0.925 bits per heavy atom. The first-order valence-corrected chi connectivity index (χ1v) is 15.2. The summed E-state index contributed by atoms with van der Waals surface area (Å²) in [5, 5.41) is 0. The van der Waals surface area contributed by atoms with E-state index in [0.29, 0.717) is 18.3 Å². The predicted octanol–water partition coefficient (Wildman–Crippen LogP) is 5.82. The fourth-order valence-electron chi connectivity index (χ4n) is 6.96. The number of carbonyl (C=O) groups excluding carboxylic acids is 1. The third-order valence-corrected chi connectivity index (χ3v) is 9.28. The molecule has 6 heteroatoms. The van der Waals surface area contributed by atoms with Crippen molar-refractivity contribution in [3.63, 3.8) is 0 Å². The van der Waals surface area contributed by atoms with Gasteiger partial charge in [0, 0.05) is 57.8 Å². The fourth-order valence-corrected chi connectivity index (χ4v) is 6.96. The smallest absolute Gasteiger partial charge is 0.167 e. The molecule has 0 amide bonds. The van der Waals surface area contributed by atoms with E-state index in [1.807, 2.05) is 12.4 Å². The van der Waals surface area contributed by atoms with Gasteiger partial charge >= 0.3 is 0 Å². The molecule has 2 aliphatic heterocycles. The van der Waals surface area contributed by atoms with Crippen molar-refractivity contribution in [1.82, 2.24) is 19.8 Å². The van der Waals surface area contributed by atoms with Gasteiger partial charge in [-0.1, -0.05) is 56.5 Å². The third-order valence-electron chi connectivity index (χ3n) is 9.28. The van der Waals surface area contributed by atoms with E-state index >= 15 is 0 Å². The van der Waals surface area contributed by atoms with E-state index in [1.165, 1.54) is 59.9 Å². The molecule has 210 valence electrons. The Morgan fingerprint density at radius 2 is 1.68 bits per heavy atom. The second-order valence-electron chi connectivity index (χ2n) is 12.4. The lowest BCUT2D eigenvalue weighted by Gasteiger charge is -2.34. The Balaban J connectivity index is 1.22. The summed E-state index contributed by atoms with van der Waals surface area (Å²) in [6.45, 7) is 9.41. The molecule has 2 fully saturated rings. The van der Waals surface area contributed by atoms with Gasteiger partial charge in [-0.25, -0.2) is 9.97 Å². The van der Waals surface area contributed by atoms with Crippen LogP contribution in [0.1, 0.15) is 89.0 Å². The monoisotopic (exact) mass is 537 g/mol. The number of ketones is 1. The third kappa shape index (κ3) is 6.29. The van der Waals surface area contributed by atoms with Crippen LogP contribution in [0, 0.1) is 0 Å². The summed E-state index contributed by atoms with van der Waals surface area (Å²) >= 11 is 0. The summed E-state index contributed by atoms with van der Waals surface area (Å²) in [6.07, 6.45) is 12.3. The van der Waals surface area contributed by atoms with Crippen molar-refractivity contribution >= 4 is 11.5 Å². The zero-order chi connectivity index (χ0) is 27.5. The Labute approximate surface area is 239 Å². The van der Waals surface area contributed by atoms with Crippen molar-refractivity contribution in [3.8, 4) is 0 Å². The number of hydrogen-bond donors (Lipinski definition) is 0. The Hall–Kier alpha value is -3.09. The first-order valence-electron chi connectivity index (χ1n) is 15.2. The maximum absolute atomic E-state index is 13.7. The molecule has 3 aromatic rings. The first-order chi connectivity index (χ1) is 19.5. The number of carbonyl (C=O) groups is 1. The molecule has 0 spiro atoms. The fraction of sp³-hybridized carbons (Fsp3) is 0.500. The standard InChI is InChI=1S/C34H43N5O/c1-25-21-39(32-19-35-24-36-20-32)23-31-18-29(8-9-33(25)31)34(40)17-26-14-27(22-38-12-10-37(2)11-13-38)16-30(15-26)28-6-4-3-5-7-28/h8-9,14-16,18-20,24-25,28H,3-7,10-13,17,21-23H2,1-2H3. The highest BCUT2D eigenvalue weighted by atomic mass is 16.1. The summed E-state index contributed by atoms with van der Waals surface area (Å²) in [5.74, 6) is 1.23. The molecule has 40 heavy (non-hydrogen) atoms. The minimum Gasteiger partial charge on any atom is -0.364 e. The summed E-state index contributed by atoms with van der Waals surface area (Å²) in [4.78, 5) is 29.4. The molecule has 0 N–H and O–H groups in total. The largest absolute Gasteiger partial charge is 0.364 e. The number of aromatic nitrogens is 2. The van der Waals surface area contributed by atoms with Gasteiger partial charge in [-0.3, -0.25) is 9.69 Å². The van der Waals surface area contributed by atoms with E-state index in [0.717, 1.165) is 57.1 Å². The highest BCUT2D eigenvalue weighted by Gasteiger charge is 2.25. The zero-order valence-corrected chi connectivity index (χ0v) is 24.2. The van der Waals surface area contributed by atoms with E-state index in [4.69, 9.17) is 0 Å². The van der Waals surface area contributed by atoms with Crippen molar-refractivity contribution in [2.75, 3.05) is 44.7 Å². The van der Waals surface area contributed by atoms with Crippen molar-refractivity contribution in [3.05, 3.63) is 88.5 Å². The van der Waals surface area contributed by atoms with Crippen LogP contribution in [0.2, 0.25) is 0 Å². The Morgan fingerprint density at radius 3 is 2.45 bits per heavy atom. The van der Waals surface area contributed by atoms with Crippen molar-refractivity contribution < 1.29 is 4.79 Å². The van der Waals surface area contributed by atoms with Gasteiger partial charge in [-0.15, -0.1) is 0 Å². The van der Waals surface area contributed by atoms with Gasteiger partial charge in [0.2, 0.25) is 0 Å². The predicted molar refractivity (Wildman–Crippen MR) is 161 cm³/mol. The van der Waals surface area contributed by atoms with Crippen LogP contribution >= 0.6 is 0 Å². The Bertz CT molecular complexity index is 1310. The summed E-state index contributed by atoms with van der Waals surface area (Å²) in [5.41, 5.74) is 8.43. The van der Waals surface area contributed by atoms with E-state index in [2.05, 4.69) is 75.0 Å². The molecule has 3 heterocycles. The lowest BCUT2D eigenvalue weighted by Crippen LogP contribution is -2.43. The molecule has 1 saturated heterocycles. The molecule has 1 unspecified atom stereocenters. The highest BCUT2D eigenvalue weighted by molar-refractivity contribution is 5.97. The highest BCUT2D eigenvalue weighted by Crippen LogP contribution is 2.35. The molecule has 3 aliphatic rings. The van der Waals surface area contributed by atoms with Gasteiger partial charge < -0.3 is 9.80 Å². The molecule has 6 rings (SSSR count). The SMILES string of the molecule is CC1CN(c2cncnc2)Cc2cc(C(=O)Cc3cc(CN4CCN(C)CC4)cc(C4CCCCC4)c3)ccc21. The zero-order valence-electron chi connectivity index (χ0n) is 24.2. The van der Waals surface area contributed by atoms with Gasteiger partial charge in [0.15, 0.2) is 5.78 Å². The van der Waals surface area contributed by atoms with Crippen LogP contribution in [0.25, 0.3) is 0 Å². The molecular weight excluding hydrogens is 494 g/mol. The lowest BCUT2D eigenvalue weighted by molar-refractivity contribution is 0.0992. The average molecular weight is 538 g/mol. The van der Waals surface area contributed by atoms with Crippen LogP contribution in [-0.4, -0.2) is 65.3 Å². The summed E-state index contributed by atoms with van der Waals surface area (Å²) in [6, 6.07) is 13.5. The molecule has 1 atom stereocenters. The van der Waals surface area contributed by atoms with E-state index in [-0.39, 0.29) is 5.78 Å². The van der Waals surface area contributed by atoms with Crippen LogP contribution in [0.5, 0.6) is 0 Å². The first kappa shape index (κ1) is 27.1. The van der Waals surface area contributed by atoms with E-state index < -0.39 is 0 Å². The molecule has 0 radical (unpaired) electrons. The van der Waals surface area contributed by atoms with Gasteiger partial charge in [0.05, 0.1) is 18.1 Å². The van der Waals surface area contributed by atoms with Crippen molar-refractivity contribution in [2.24, 2.45) is 0 Å². The van der Waals surface area contributed by atoms with Gasteiger partial charge in [0.25, 0.3) is 0 Å². The molecule has 1 saturated carbocycles. The van der Waals surface area contributed by atoms with Crippen LogP contribution in [0.15, 0.2) is 55.1 Å². The van der Waals surface area contributed by atoms with Gasteiger partial charge in [-0.05, 0) is 65.6 Å². The molecule has 6 nitrogen and oxygen atoms in total. The van der Waals surface area contributed by atoms with Crippen molar-refractivity contribution in [2.45, 2.75) is 70.4 Å². The van der Waals surface area contributed by atoms with Crippen LogP contribution < -0.4 is 4.90 Å². The number of hydrogen-bond acceptors (Lipinski definition) is 6. The molecule has 0 bridgehead atoms. The number of piperazine rings is 1. The number of Topliss-reactive ketones (excluding diaryl/α,β-unsaturated/α-hetero) is 1. The summed E-state index contributed by atoms with van der Waals surface area (Å²) < 4.78 is 0. The maximum atomic E-state index is 13.7. The molecule has 1 aliphatic carbocycles. The Kier molecular flexibility index (Phi) is 8.26. The van der Waals surface area contributed by atoms with E-state index in [1.54, 1.807) is 6.33 Å². The number of nitrogens with zero attached hydrogens (tertiary/aromatic N) is 5. The maximum Gasteiger partial charge on any atom is 0.167 e. The average Bonchev–Trinajstić information content (AvgIpc) is 2.99. The molecule has 2 aromatic carbocycles. The second kappa shape index (κ2) is 12.2. The summed E-state index contributed by atoms with van der Waals surface area (Å²) in [7, 11) is 2.21. The normalized spacial score (nSPS) is 20.9.